The van der Waals surface area contributed by atoms with Crippen LogP contribution in [-0.4, -0.2) is 71.5 Å². The summed E-state index contributed by atoms with van der Waals surface area (Å²) in [6.45, 7) is 3.93. The van der Waals surface area contributed by atoms with Gasteiger partial charge in [0.25, 0.3) is 0 Å². The third-order valence-electron chi connectivity index (χ3n) is 4.34. The summed E-state index contributed by atoms with van der Waals surface area (Å²) in [5.41, 5.74) is 4.09. The summed E-state index contributed by atoms with van der Waals surface area (Å²) in [4.78, 5) is 24.2. The zero-order valence-corrected chi connectivity index (χ0v) is 20.8. The summed E-state index contributed by atoms with van der Waals surface area (Å²) in [7, 11) is 3.16. The van der Waals surface area contributed by atoms with Crippen molar-refractivity contribution in [1.82, 2.24) is 15.0 Å². The van der Waals surface area contributed by atoms with E-state index in [4.69, 9.17) is 24.2 Å². The molecule has 0 fully saturated rings. The number of oxime groups is 1. The Bertz CT molecular complexity index is 1190. The maximum atomic E-state index is 11.4. The fourth-order valence-electron chi connectivity index (χ4n) is 2.58. The molecule has 0 bridgehead atoms. The van der Waals surface area contributed by atoms with Crippen molar-refractivity contribution in [1.29, 1.82) is 0 Å². The first-order valence-corrected chi connectivity index (χ1v) is 11.0. The molecule has 2 N–H and O–H groups in total. The van der Waals surface area contributed by atoms with Gasteiger partial charge < -0.3 is 24.2 Å². The molecule has 3 rings (SSSR count). The standard InChI is InChI=1S/C12H15N3O4.C12H13N3O3/c1-3-19-12(16)11(8-13-17)15-14-9-4-6-10(18-2)7-5-9;1-3-18-12(16)11-8-13-15(14-11)9-4-6-10(17-2)7-5-9/h4-8,14,17H,3H2,1-2H3;4-8H,3H2,1-2H3/b13-8+,15-11+;. The number of hydrogen-bond donors (Lipinski definition) is 2. The van der Waals surface area contributed by atoms with E-state index < -0.39 is 11.9 Å². The van der Waals surface area contributed by atoms with Crippen molar-refractivity contribution in [2.24, 2.45) is 10.3 Å². The number of methoxy groups -OCH3 is 2. The minimum absolute atomic E-state index is 0.139. The van der Waals surface area contributed by atoms with Gasteiger partial charge in [-0.3, -0.25) is 5.43 Å². The van der Waals surface area contributed by atoms with Crippen molar-refractivity contribution in [3.8, 4) is 17.2 Å². The summed E-state index contributed by atoms with van der Waals surface area (Å²) in [6.07, 6.45) is 2.27. The normalized spacial score (nSPS) is 10.8. The summed E-state index contributed by atoms with van der Waals surface area (Å²) in [5, 5.41) is 23.1. The van der Waals surface area contributed by atoms with E-state index in [2.05, 4.69) is 25.9 Å². The maximum Gasteiger partial charge on any atom is 0.360 e. The molecule has 0 aliphatic carbocycles. The molecule has 0 radical (unpaired) electrons. The number of esters is 2. The minimum Gasteiger partial charge on any atom is -0.497 e. The molecule has 0 amide bonds. The monoisotopic (exact) mass is 512 g/mol. The quantitative estimate of drug-likeness (QED) is 0.179. The molecule has 0 spiro atoms. The minimum atomic E-state index is -0.679. The molecule has 0 unspecified atom stereocenters. The van der Waals surface area contributed by atoms with Crippen molar-refractivity contribution in [2.75, 3.05) is 32.9 Å². The van der Waals surface area contributed by atoms with Gasteiger partial charge in [-0.15, -0.1) is 5.10 Å². The highest BCUT2D eigenvalue weighted by molar-refractivity contribution is 6.59. The fourth-order valence-corrected chi connectivity index (χ4v) is 2.58. The van der Waals surface area contributed by atoms with E-state index in [1.54, 1.807) is 76.6 Å². The summed E-state index contributed by atoms with van der Waals surface area (Å²) in [5.74, 6) is 0.298. The molecule has 196 valence electrons. The highest BCUT2D eigenvalue weighted by atomic mass is 16.5. The van der Waals surface area contributed by atoms with Crippen LogP contribution in [0.25, 0.3) is 5.69 Å². The Kier molecular flexibility index (Phi) is 11.6. The average molecular weight is 513 g/mol. The number of carbonyl (C=O) groups excluding carboxylic acids is 2. The molecule has 37 heavy (non-hydrogen) atoms. The smallest absolute Gasteiger partial charge is 0.360 e. The second kappa shape index (κ2) is 15.1. The molecule has 3 aromatic rings. The van der Waals surface area contributed by atoms with Crippen LogP contribution in [0.5, 0.6) is 11.5 Å². The Morgan fingerprint density at radius 3 is 2.11 bits per heavy atom. The molecule has 0 saturated carbocycles. The molecule has 13 nitrogen and oxygen atoms in total. The Balaban J connectivity index is 0.000000260. The van der Waals surface area contributed by atoms with Crippen molar-refractivity contribution in [2.45, 2.75) is 13.8 Å². The molecule has 0 aliphatic heterocycles. The molecular formula is C24H28N6O7. The van der Waals surface area contributed by atoms with Gasteiger partial charge in [0.05, 0.1) is 45.0 Å². The predicted octanol–water partition coefficient (Wildman–Crippen LogP) is 2.94. The van der Waals surface area contributed by atoms with Gasteiger partial charge >= 0.3 is 11.9 Å². The van der Waals surface area contributed by atoms with Gasteiger partial charge in [-0.2, -0.15) is 15.0 Å². The Morgan fingerprint density at radius 1 is 0.973 bits per heavy atom. The molecule has 13 heteroatoms. The van der Waals surface area contributed by atoms with E-state index in [1.165, 1.54) is 11.0 Å². The number of hydrazone groups is 1. The lowest BCUT2D eigenvalue weighted by Crippen LogP contribution is -2.20. The van der Waals surface area contributed by atoms with E-state index in [9.17, 15) is 9.59 Å². The van der Waals surface area contributed by atoms with Crippen molar-refractivity contribution >= 4 is 29.6 Å². The zero-order chi connectivity index (χ0) is 27.0. The second-order valence-corrected chi connectivity index (χ2v) is 6.74. The van der Waals surface area contributed by atoms with Crippen molar-refractivity contribution in [3.05, 3.63) is 60.4 Å². The predicted molar refractivity (Wildman–Crippen MR) is 135 cm³/mol. The SMILES string of the molecule is CCOC(=O)C(/C=N/O)=N/Nc1ccc(OC)cc1.CCOC(=O)c1cnn(-c2ccc(OC)cc2)n1. The van der Waals surface area contributed by atoms with Crippen LogP contribution in [0.1, 0.15) is 24.3 Å². The number of hydrogen-bond acceptors (Lipinski definition) is 12. The van der Waals surface area contributed by atoms with Crippen LogP contribution in [0.2, 0.25) is 0 Å². The molecule has 0 atom stereocenters. The zero-order valence-electron chi connectivity index (χ0n) is 20.8. The fraction of sp³-hybridized carbons (Fsp3) is 0.250. The van der Waals surface area contributed by atoms with Crippen molar-refractivity contribution in [3.63, 3.8) is 0 Å². The highest BCUT2D eigenvalue weighted by Crippen LogP contribution is 2.15. The van der Waals surface area contributed by atoms with Crippen LogP contribution in [0.3, 0.4) is 0 Å². The van der Waals surface area contributed by atoms with E-state index in [-0.39, 0.29) is 18.0 Å². The van der Waals surface area contributed by atoms with Gasteiger partial charge in [0, 0.05) is 0 Å². The van der Waals surface area contributed by atoms with Crippen LogP contribution in [-0.2, 0) is 14.3 Å². The Morgan fingerprint density at radius 2 is 1.57 bits per heavy atom. The highest BCUT2D eigenvalue weighted by Gasteiger charge is 2.12. The van der Waals surface area contributed by atoms with E-state index >= 15 is 0 Å². The molecule has 1 aromatic heterocycles. The number of nitrogens with zero attached hydrogens (tertiary/aromatic N) is 5. The van der Waals surface area contributed by atoms with Crippen LogP contribution >= 0.6 is 0 Å². The van der Waals surface area contributed by atoms with Gasteiger partial charge in [-0.05, 0) is 62.4 Å². The van der Waals surface area contributed by atoms with Crippen LogP contribution in [0.15, 0.2) is 65.0 Å². The maximum absolute atomic E-state index is 11.4. The van der Waals surface area contributed by atoms with Gasteiger partial charge in [-0.1, -0.05) is 5.16 Å². The second-order valence-electron chi connectivity index (χ2n) is 6.74. The first kappa shape index (κ1) is 28.3. The molecule has 1 heterocycles. The number of rotatable bonds is 10. The largest absolute Gasteiger partial charge is 0.497 e. The summed E-state index contributed by atoms with van der Waals surface area (Å²) in [6, 6.07) is 14.1. The number of nitrogens with one attached hydrogen (secondary N) is 1. The summed E-state index contributed by atoms with van der Waals surface area (Å²) >= 11 is 0. The Hall–Kier alpha value is -4.94. The topological polar surface area (TPSA) is 159 Å². The van der Waals surface area contributed by atoms with Gasteiger partial charge in [0.1, 0.15) is 17.7 Å². The molecule has 0 aliphatic rings. The van der Waals surface area contributed by atoms with Gasteiger partial charge in [0.2, 0.25) is 0 Å². The lowest BCUT2D eigenvalue weighted by molar-refractivity contribution is -0.134. The lowest BCUT2D eigenvalue weighted by Gasteiger charge is -2.04. The molecular weight excluding hydrogens is 484 g/mol. The first-order valence-electron chi connectivity index (χ1n) is 11.0. The van der Waals surface area contributed by atoms with Crippen LogP contribution < -0.4 is 14.9 Å². The Labute approximate surface area is 213 Å². The van der Waals surface area contributed by atoms with E-state index in [0.717, 1.165) is 17.7 Å². The van der Waals surface area contributed by atoms with Crippen LogP contribution in [0, 0.1) is 0 Å². The molecule has 0 saturated heterocycles. The van der Waals surface area contributed by atoms with E-state index in [0.29, 0.717) is 18.0 Å². The number of ether oxygens (including phenoxy) is 4. The lowest BCUT2D eigenvalue weighted by atomic mass is 10.3. The first-order chi connectivity index (χ1) is 17.9. The number of anilines is 1. The van der Waals surface area contributed by atoms with Crippen LogP contribution in [0.4, 0.5) is 5.69 Å². The number of benzene rings is 2. The number of aromatic nitrogens is 3. The van der Waals surface area contributed by atoms with Crippen molar-refractivity contribution < 1.29 is 33.7 Å². The average Bonchev–Trinajstić information content (AvgIpc) is 3.43. The number of carbonyl (C=O) groups is 2. The third kappa shape index (κ3) is 8.98. The van der Waals surface area contributed by atoms with Gasteiger partial charge in [0.15, 0.2) is 11.4 Å². The van der Waals surface area contributed by atoms with E-state index in [1.807, 2.05) is 0 Å². The van der Waals surface area contributed by atoms with Gasteiger partial charge in [-0.25, -0.2) is 9.59 Å². The molecule has 2 aromatic carbocycles. The third-order valence-corrected chi connectivity index (χ3v) is 4.34. The summed E-state index contributed by atoms with van der Waals surface area (Å²) < 4.78 is 19.7.